The van der Waals surface area contributed by atoms with Crippen LogP contribution in [0.2, 0.25) is 0 Å². The van der Waals surface area contributed by atoms with Gasteiger partial charge in [-0.15, -0.1) is 0 Å². The van der Waals surface area contributed by atoms with E-state index in [2.05, 4.69) is 0 Å². The fraction of sp³-hybridized carbons (Fsp3) is 0.500. The van der Waals surface area contributed by atoms with Crippen LogP contribution in [0, 0.1) is 11.3 Å². The Kier molecular flexibility index (Phi) is 8.95. The minimum atomic E-state index is -0.438. The van der Waals surface area contributed by atoms with Crippen molar-refractivity contribution in [1.29, 1.82) is 5.26 Å². The molecule has 0 aliphatic rings. The first kappa shape index (κ1) is 21.3. The van der Waals surface area contributed by atoms with Gasteiger partial charge in [-0.3, -0.25) is 14.5 Å². The van der Waals surface area contributed by atoms with Crippen LogP contribution in [0.1, 0.15) is 12.0 Å². The number of likely N-dealkylation sites (N-methyl/N-ethyl adjacent to an activating group) is 1. The maximum atomic E-state index is 12.3. The highest BCUT2D eigenvalue weighted by atomic mass is 16.5. The van der Waals surface area contributed by atoms with Crippen LogP contribution in [0.25, 0.3) is 0 Å². The molecule has 0 aliphatic carbocycles. The lowest BCUT2D eigenvalue weighted by Crippen LogP contribution is -2.40. The molecule has 0 aliphatic heterocycles. The van der Waals surface area contributed by atoms with E-state index in [0.29, 0.717) is 24.6 Å². The monoisotopic (exact) mass is 363 g/mol. The van der Waals surface area contributed by atoms with Gasteiger partial charge in [0.05, 0.1) is 46.9 Å². The van der Waals surface area contributed by atoms with Gasteiger partial charge in [0.25, 0.3) is 0 Å². The highest BCUT2D eigenvalue weighted by Gasteiger charge is 2.18. The topological polar surface area (TPSA) is 92.1 Å². The molecule has 0 atom stereocenters. The summed E-state index contributed by atoms with van der Waals surface area (Å²) in [4.78, 5) is 27.2. The summed E-state index contributed by atoms with van der Waals surface area (Å²) in [6.45, 7) is 0.666. The molecule has 0 saturated heterocycles. The molecule has 26 heavy (non-hydrogen) atoms. The van der Waals surface area contributed by atoms with Gasteiger partial charge in [0.1, 0.15) is 11.5 Å². The molecule has 0 bridgehead atoms. The van der Waals surface area contributed by atoms with Gasteiger partial charge in [-0.05, 0) is 17.7 Å². The molecule has 1 amide bonds. The van der Waals surface area contributed by atoms with Crippen LogP contribution < -0.4 is 9.47 Å². The SMILES string of the molecule is COC(=O)CN(CC(=O)N(C)CCC#N)Cc1cc(OC)cc(OC)c1. The summed E-state index contributed by atoms with van der Waals surface area (Å²) in [5.41, 5.74) is 0.831. The average molecular weight is 363 g/mol. The molecule has 1 rings (SSSR count). The Hall–Kier alpha value is -2.79. The summed E-state index contributed by atoms with van der Waals surface area (Å²) in [5, 5.41) is 8.64. The van der Waals surface area contributed by atoms with Crippen molar-refractivity contribution in [3.63, 3.8) is 0 Å². The van der Waals surface area contributed by atoms with E-state index in [4.69, 9.17) is 19.5 Å². The minimum Gasteiger partial charge on any atom is -0.497 e. The molecule has 0 N–H and O–H groups in total. The Morgan fingerprint density at radius 1 is 1.08 bits per heavy atom. The van der Waals surface area contributed by atoms with Gasteiger partial charge in [-0.25, -0.2) is 0 Å². The summed E-state index contributed by atoms with van der Waals surface area (Å²) in [5.74, 6) is 0.621. The van der Waals surface area contributed by atoms with Crippen molar-refractivity contribution in [2.24, 2.45) is 0 Å². The first-order valence-corrected chi connectivity index (χ1v) is 8.05. The highest BCUT2D eigenvalue weighted by Crippen LogP contribution is 2.23. The molecule has 1 aromatic carbocycles. The molecule has 1 aromatic rings. The highest BCUT2D eigenvalue weighted by molar-refractivity contribution is 5.79. The van der Waals surface area contributed by atoms with E-state index >= 15 is 0 Å². The number of hydrogen-bond donors (Lipinski definition) is 0. The lowest BCUT2D eigenvalue weighted by molar-refractivity contribution is -0.143. The third-order valence-corrected chi connectivity index (χ3v) is 3.74. The molecule has 0 fully saturated rings. The number of nitrogens with zero attached hydrogens (tertiary/aromatic N) is 3. The molecular weight excluding hydrogens is 338 g/mol. The number of rotatable bonds is 10. The zero-order chi connectivity index (χ0) is 19.5. The van der Waals surface area contributed by atoms with E-state index in [1.54, 1.807) is 32.2 Å². The molecular formula is C18H25N3O5. The largest absolute Gasteiger partial charge is 0.497 e. The first-order valence-electron chi connectivity index (χ1n) is 8.05. The number of nitriles is 1. The second kappa shape index (κ2) is 10.9. The Balaban J connectivity index is 2.91. The van der Waals surface area contributed by atoms with Gasteiger partial charge in [-0.1, -0.05) is 0 Å². The van der Waals surface area contributed by atoms with Gasteiger partial charge in [-0.2, -0.15) is 5.26 Å². The van der Waals surface area contributed by atoms with Crippen LogP contribution >= 0.6 is 0 Å². The van der Waals surface area contributed by atoms with Crippen LogP contribution in [-0.2, 0) is 20.9 Å². The summed E-state index contributed by atoms with van der Waals surface area (Å²) in [6.07, 6.45) is 0.256. The van der Waals surface area contributed by atoms with Crippen molar-refractivity contribution in [2.45, 2.75) is 13.0 Å². The minimum absolute atomic E-state index is 0.0244. The standard InChI is InChI=1S/C18H25N3O5/c1-20(7-5-6-19)17(22)12-21(13-18(23)26-4)11-14-8-15(24-2)10-16(9-14)25-3/h8-10H,5,7,11-13H2,1-4H3. The molecule has 8 heteroatoms. The second-order valence-electron chi connectivity index (χ2n) is 5.67. The second-order valence-corrected chi connectivity index (χ2v) is 5.67. The van der Waals surface area contributed by atoms with Crippen molar-refractivity contribution < 1.29 is 23.8 Å². The Bertz CT molecular complexity index is 634. The van der Waals surface area contributed by atoms with Crippen molar-refractivity contribution in [2.75, 3.05) is 48.0 Å². The Morgan fingerprint density at radius 3 is 2.19 bits per heavy atom. The van der Waals surface area contributed by atoms with Crippen molar-refractivity contribution >= 4 is 11.9 Å². The number of benzene rings is 1. The third-order valence-electron chi connectivity index (χ3n) is 3.74. The molecule has 0 saturated carbocycles. The van der Waals surface area contributed by atoms with E-state index in [9.17, 15) is 9.59 Å². The molecule has 0 aromatic heterocycles. The zero-order valence-electron chi connectivity index (χ0n) is 15.7. The number of esters is 1. The summed E-state index contributed by atoms with van der Waals surface area (Å²) in [6, 6.07) is 7.38. The predicted octanol–water partition coefficient (Wildman–Crippen LogP) is 1.05. The summed E-state index contributed by atoms with van der Waals surface area (Å²) < 4.78 is 15.2. The lowest BCUT2D eigenvalue weighted by atomic mass is 10.2. The van der Waals surface area contributed by atoms with Crippen molar-refractivity contribution in [3.8, 4) is 17.6 Å². The lowest BCUT2D eigenvalue weighted by Gasteiger charge is -2.24. The van der Waals surface area contributed by atoms with E-state index in [1.807, 2.05) is 18.2 Å². The normalized spacial score (nSPS) is 10.2. The van der Waals surface area contributed by atoms with Crippen LogP contribution in [0.3, 0.4) is 0 Å². The first-order chi connectivity index (χ1) is 12.4. The number of hydrogen-bond acceptors (Lipinski definition) is 7. The molecule has 0 spiro atoms. The number of ether oxygens (including phenoxy) is 3. The number of amides is 1. The number of methoxy groups -OCH3 is 3. The summed E-state index contributed by atoms with van der Waals surface area (Å²) in [7, 11) is 6.04. The number of carbonyl (C=O) groups is 2. The quantitative estimate of drug-likeness (QED) is 0.574. The average Bonchev–Trinajstić information content (AvgIpc) is 2.65. The molecule has 142 valence electrons. The van der Waals surface area contributed by atoms with Crippen molar-refractivity contribution in [3.05, 3.63) is 23.8 Å². The molecule has 0 radical (unpaired) electrons. The van der Waals surface area contributed by atoms with Crippen LogP contribution in [-0.4, -0.2) is 69.7 Å². The van der Waals surface area contributed by atoms with Crippen LogP contribution in [0.5, 0.6) is 11.5 Å². The van der Waals surface area contributed by atoms with E-state index in [1.165, 1.54) is 12.0 Å². The Morgan fingerprint density at radius 2 is 1.69 bits per heavy atom. The third kappa shape index (κ3) is 6.99. The van der Waals surface area contributed by atoms with Crippen LogP contribution in [0.4, 0.5) is 0 Å². The van der Waals surface area contributed by atoms with Gasteiger partial charge in [0.15, 0.2) is 0 Å². The van der Waals surface area contributed by atoms with Gasteiger partial charge < -0.3 is 19.1 Å². The van der Waals surface area contributed by atoms with E-state index < -0.39 is 5.97 Å². The smallest absolute Gasteiger partial charge is 0.319 e. The zero-order valence-corrected chi connectivity index (χ0v) is 15.7. The number of carbonyl (C=O) groups excluding carboxylic acids is 2. The maximum absolute atomic E-state index is 12.3. The molecule has 0 unspecified atom stereocenters. The van der Waals surface area contributed by atoms with Crippen LogP contribution in [0.15, 0.2) is 18.2 Å². The van der Waals surface area contributed by atoms with E-state index in [0.717, 1.165) is 5.56 Å². The van der Waals surface area contributed by atoms with Gasteiger partial charge in [0, 0.05) is 26.2 Å². The summed E-state index contributed by atoms with van der Waals surface area (Å²) >= 11 is 0. The van der Waals surface area contributed by atoms with Gasteiger partial charge >= 0.3 is 5.97 Å². The fourth-order valence-electron chi connectivity index (χ4n) is 2.29. The van der Waals surface area contributed by atoms with E-state index in [-0.39, 0.29) is 25.4 Å². The maximum Gasteiger partial charge on any atom is 0.319 e. The fourth-order valence-corrected chi connectivity index (χ4v) is 2.29. The molecule has 8 nitrogen and oxygen atoms in total. The molecule has 0 heterocycles. The predicted molar refractivity (Wildman–Crippen MR) is 94.7 cm³/mol. The Labute approximate surface area is 153 Å². The van der Waals surface area contributed by atoms with Crippen molar-refractivity contribution in [1.82, 2.24) is 9.80 Å². The van der Waals surface area contributed by atoms with Gasteiger partial charge in [0.2, 0.25) is 5.91 Å².